The van der Waals surface area contributed by atoms with Crippen molar-refractivity contribution in [3.05, 3.63) is 81.1 Å². The van der Waals surface area contributed by atoms with Crippen LogP contribution in [0.4, 0.5) is 0 Å². The van der Waals surface area contributed by atoms with Gasteiger partial charge in [-0.1, -0.05) is 29.8 Å². The van der Waals surface area contributed by atoms with E-state index in [0.29, 0.717) is 11.1 Å². The smallest absolute Gasteiger partial charge is 0.253 e. The second-order valence-electron chi connectivity index (χ2n) is 5.72. The highest BCUT2D eigenvalue weighted by Crippen LogP contribution is 2.17. The molecular formula is C19H18N2O2. The number of aryl methyl sites for hydroxylation is 2. The molecule has 116 valence electrons. The van der Waals surface area contributed by atoms with E-state index in [1.807, 2.05) is 50.2 Å². The number of benzene rings is 2. The van der Waals surface area contributed by atoms with Crippen molar-refractivity contribution >= 4 is 16.8 Å². The topological polar surface area (TPSA) is 62.0 Å². The molecule has 1 aromatic heterocycles. The number of H-pyrrole nitrogens is 1. The van der Waals surface area contributed by atoms with Gasteiger partial charge in [-0.2, -0.15) is 0 Å². The van der Waals surface area contributed by atoms with Crippen molar-refractivity contribution in [2.24, 2.45) is 0 Å². The number of nitrogens with one attached hydrogen (secondary N) is 2. The summed E-state index contributed by atoms with van der Waals surface area (Å²) < 4.78 is 0. The Hall–Kier alpha value is -2.88. The summed E-state index contributed by atoms with van der Waals surface area (Å²) in [7, 11) is 0. The van der Waals surface area contributed by atoms with Crippen molar-refractivity contribution in [1.29, 1.82) is 0 Å². The van der Waals surface area contributed by atoms with Crippen molar-refractivity contribution in [2.75, 3.05) is 0 Å². The zero-order chi connectivity index (χ0) is 16.4. The number of aromatic amines is 1. The first kappa shape index (κ1) is 15.0. The Labute approximate surface area is 134 Å². The first-order chi connectivity index (χ1) is 11.0. The summed E-state index contributed by atoms with van der Waals surface area (Å²) >= 11 is 0. The van der Waals surface area contributed by atoms with E-state index in [2.05, 4.69) is 10.3 Å². The average Bonchev–Trinajstić information content (AvgIpc) is 2.54. The molecule has 0 spiro atoms. The zero-order valence-corrected chi connectivity index (χ0v) is 13.1. The average molecular weight is 306 g/mol. The van der Waals surface area contributed by atoms with Gasteiger partial charge in [0.1, 0.15) is 0 Å². The number of pyridine rings is 1. The van der Waals surface area contributed by atoms with E-state index in [4.69, 9.17) is 0 Å². The highest BCUT2D eigenvalue weighted by molar-refractivity contribution is 5.94. The van der Waals surface area contributed by atoms with Crippen LogP contribution in [0.1, 0.15) is 27.0 Å². The second-order valence-corrected chi connectivity index (χ2v) is 5.72. The summed E-state index contributed by atoms with van der Waals surface area (Å²) in [6.07, 6.45) is 0. The Morgan fingerprint density at radius 1 is 1.09 bits per heavy atom. The number of hydrogen-bond donors (Lipinski definition) is 2. The third-order valence-corrected chi connectivity index (χ3v) is 3.85. The normalized spacial score (nSPS) is 10.7. The van der Waals surface area contributed by atoms with E-state index in [1.54, 1.807) is 12.1 Å². The fraction of sp³-hybridized carbons (Fsp3) is 0.158. The lowest BCUT2D eigenvalue weighted by Gasteiger charge is -2.08. The molecule has 4 heteroatoms. The van der Waals surface area contributed by atoms with Gasteiger partial charge in [0.25, 0.3) is 11.5 Å². The van der Waals surface area contributed by atoms with Crippen molar-refractivity contribution in [3.63, 3.8) is 0 Å². The highest BCUT2D eigenvalue weighted by Gasteiger charge is 2.08. The Morgan fingerprint density at radius 3 is 2.57 bits per heavy atom. The maximum atomic E-state index is 12.2. The molecule has 0 saturated heterocycles. The third kappa shape index (κ3) is 3.16. The number of rotatable bonds is 3. The molecule has 2 N–H and O–H groups in total. The minimum atomic E-state index is -0.189. The van der Waals surface area contributed by atoms with Crippen molar-refractivity contribution in [3.8, 4) is 0 Å². The maximum Gasteiger partial charge on any atom is 0.253 e. The van der Waals surface area contributed by atoms with Crippen LogP contribution in [-0.4, -0.2) is 10.9 Å². The van der Waals surface area contributed by atoms with E-state index >= 15 is 0 Å². The molecule has 0 atom stereocenters. The van der Waals surface area contributed by atoms with E-state index in [9.17, 15) is 9.59 Å². The van der Waals surface area contributed by atoms with Gasteiger partial charge in [0, 0.05) is 17.7 Å². The monoisotopic (exact) mass is 306 g/mol. The molecule has 0 saturated carbocycles. The van der Waals surface area contributed by atoms with Crippen LogP contribution in [-0.2, 0) is 6.54 Å². The molecule has 3 rings (SSSR count). The molecule has 3 aromatic rings. The van der Waals surface area contributed by atoms with Crippen LogP contribution in [0, 0.1) is 13.8 Å². The van der Waals surface area contributed by atoms with Crippen LogP contribution >= 0.6 is 0 Å². The number of fused-ring (bicyclic) bond motifs is 1. The van der Waals surface area contributed by atoms with E-state index in [-0.39, 0.29) is 18.0 Å². The summed E-state index contributed by atoms with van der Waals surface area (Å²) in [5.74, 6) is -0.189. The van der Waals surface area contributed by atoms with Gasteiger partial charge in [0.15, 0.2) is 0 Å². The van der Waals surface area contributed by atoms with Gasteiger partial charge < -0.3 is 10.3 Å². The minimum absolute atomic E-state index is 0.169. The predicted octanol–water partition coefficient (Wildman–Crippen LogP) is 3.07. The van der Waals surface area contributed by atoms with E-state index < -0.39 is 0 Å². The molecule has 1 heterocycles. The minimum Gasteiger partial charge on any atom is -0.348 e. The van der Waals surface area contributed by atoms with Crippen molar-refractivity contribution in [1.82, 2.24) is 10.3 Å². The van der Waals surface area contributed by atoms with Crippen LogP contribution in [0.2, 0.25) is 0 Å². The van der Waals surface area contributed by atoms with Crippen LogP contribution in [0.25, 0.3) is 10.9 Å². The van der Waals surface area contributed by atoms with Crippen LogP contribution in [0.5, 0.6) is 0 Å². The SMILES string of the molecule is Cc1cc(C)c2[nH]c(=O)c(CNC(=O)c3ccccc3)cc2c1. The molecule has 0 aliphatic rings. The summed E-state index contributed by atoms with van der Waals surface area (Å²) in [6.45, 7) is 4.20. The second kappa shape index (κ2) is 6.08. The van der Waals surface area contributed by atoms with Gasteiger partial charge in [0.2, 0.25) is 0 Å². The first-order valence-electron chi connectivity index (χ1n) is 7.51. The lowest BCUT2D eigenvalue weighted by molar-refractivity contribution is 0.0951. The lowest BCUT2D eigenvalue weighted by atomic mass is 10.1. The Kier molecular flexibility index (Phi) is 3.98. The molecule has 0 fully saturated rings. The molecular weight excluding hydrogens is 288 g/mol. The molecule has 0 aliphatic carbocycles. The number of aromatic nitrogens is 1. The van der Waals surface area contributed by atoms with Crippen LogP contribution < -0.4 is 10.9 Å². The van der Waals surface area contributed by atoms with Crippen molar-refractivity contribution in [2.45, 2.75) is 20.4 Å². The fourth-order valence-electron chi connectivity index (χ4n) is 2.73. The number of carbonyl (C=O) groups is 1. The van der Waals surface area contributed by atoms with E-state index in [1.165, 1.54) is 0 Å². The largest absolute Gasteiger partial charge is 0.348 e. The Balaban J connectivity index is 1.87. The Bertz CT molecular complexity index is 927. The molecule has 0 aliphatic heterocycles. The molecule has 0 unspecified atom stereocenters. The maximum absolute atomic E-state index is 12.2. The summed E-state index contributed by atoms with van der Waals surface area (Å²) in [5, 5.41) is 3.77. The fourth-order valence-corrected chi connectivity index (χ4v) is 2.73. The van der Waals surface area contributed by atoms with Gasteiger partial charge in [-0.25, -0.2) is 0 Å². The first-order valence-corrected chi connectivity index (χ1v) is 7.51. The quantitative estimate of drug-likeness (QED) is 0.781. The standard InChI is InChI=1S/C19H18N2O2/c1-12-8-13(2)17-15(9-12)10-16(19(23)21-17)11-20-18(22)14-6-4-3-5-7-14/h3-10H,11H2,1-2H3,(H,20,22)(H,21,23). The molecule has 1 amide bonds. The van der Waals surface area contributed by atoms with Gasteiger partial charge in [-0.3, -0.25) is 9.59 Å². The summed E-state index contributed by atoms with van der Waals surface area (Å²) in [6, 6.07) is 14.9. The number of amides is 1. The highest BCUT2D eigenvalue weighted by atomic mass is 16.1. The van der Waals surface area contributed by atoms with Gasteiger partial charge in [-0.05, 0) is 49.1 Å². The lowest BCUT2D eigenvalue weighted by Crippen LogP contribution is -2.26. The summed E-state index contributed by atoms with van der Waals surface area (Å²) in [5.41, 5.74) is 3.98. The van der Waals surface area contributed by atoms with Gasteiger partial charge in [0.05, 0.1) is 5.52 Å². The van der Waals surface area contributed by atoms with Crippen LogP contribution in [0.3, 0.4) is 0 Å². The number of hydrogen-bond acceptors (Lipinski definition) is 2. The molecule has 4 nitrogen and oxygen atoms in total. The zero-order valence-electron chi connectivity index (χ0n) is 13.1. The molecule has 2 aromatic carbocycles. The van der Waals surface area contributed by atoms with E-state index in [0.717, 1.165) is 22.0 Å². The number of carbonyl (C=O) groups excluding carboxylic acids is 1. The van der Waals surface area contributed by atoms with Gasteiger partial charge >= 0.3 is 0 Å². The third-order valence-electron chi connectivity index (χ3n) is 3.85. The molecule has 23 heavy (non-hydrogen) atoms. The van der Waals surface area contributed by atoms with Crippen molar-refractivity contribution < 1.29 is 4.79 Å². The molecule has 0 bridgehead atoms. The van der Waals surface area contributed by atoms with Crippen LogP contribution in [0.15, 0.2) is 53.3 Å². The summed E-state index contributed by atoms with van der Waals surface area (Å²) in [4.78, 5) is 27.2. The molecule has 0 radical (unpaired) electrons. The van der Waals surface area contributed by atoms with Gasteiger partial charge in [-0.15, -0.1) is 0 Å². The predicted molar refractivity (Wildman–Crippen MR) is 91.7 cm³/mol. The Morgan fingerprint density at radius 2 is 1.83 bits per heavy atom.